The molecule has 1 aliphatic heterocycles. The number of likely N-dealkylation sites (tertiary alicyclic amines) is 1. The Morgan fingerprint density at radius 1 is 1.36 bits per heavy atom. The first-order valence-corrected chi connectivity index (χ1v) is 5.18. The van der Waals surface area contributed by atoms with E-state index in [1.54, 1.807) is 4.90 Å². The number of nitrogens with zero attached hydrogens (tertiary/aromatic N) is 1. The molecular weight excluding hydrogens is 198 g/mol. The van der Waals surface area contributed by atoms with E-state index in [0.29, 0.717) is 6.54 Å². The van der Waals surface area contributed by atoms with Crippen LogP contribution in [0.4, 0.5) is 0 Å². The van der Waals surface area contributed by atoms with Gasteiger partial charge < -0.3 is 4.90 Å². The predicted molar refractivity (Wildman–Crippen MR) is 56.4 cm³/mol. The molecule has 1 fully saturated rings. The smallest absolute Gasteiger partial charge is 0.242 e. The zero-order valence-electron chi connectivity index (χ0n) is 7.82. The molecule has 1 unspecified atom stereocenters. The SMILES string of the molecule is O=C1C(Cl)CN1CCc1ccccc1. The van der Waals surface area contributed by atoms with Gasteiger partial charge in [0.1, 0.15) is 5.38 Å². The van der Waals surface area contributed by atoms with Gasteiger partial charge in [0.15, 0.2) is 0 Å². The van der Waals surface area contributed by atoms with Crippen LogP contribution in [-0.4, -0.2) is 29.3 Å². The summed E-state index contributed by atoms with van der Waals surface area (Å²) in [7, 11) is 0. The summed E-state index contributed by atoms with van der Waals surface area (Å²) in [5, 5.41) is -0.272. The van der Waals surface area contributed by atoms with Gasteiger partial charge in [0, 0.05) is 13.1 Å². The highest BCUT2D eigenvalue weighted by atomic mass is 35.5. The molecule has 74 valence electrons. The van der Waals surface area contributed by atoms with Crippen LogP contribution in [0.2, 0.25) is 0 Å². The van der Waals surface area contributed by atoms with Crippen molar-refractivity contribution in [2.24, 2.45) is 0 Å². The summed E-state index contributed by atoms with van der Waals surface area (Å²) >= 11 is 5.68. The monoisotopic (exact) mass is 209 g/mol. The van der Waals surface area contributed by atoms with Crippen LogP contribution in [0.5, 0.6) is 0 Å². The van der Waals surface area contributed by atoms with Gasteiger partial charge >= 0.3 is 0 Å². The van der Waals surface area contributed by atoms with Gasteiger partial charge in [-0.1, -0.05) is 30.3 Å². The summed E-state index contributed by atoms with van der Waals surface area (Å²) in [6.07, 6.45) is 0.913. The average Bonchev–Trinajstić information content (AvgIpc) is 2.25. The average molecular weight is 210 g/mol. The van der Waals surface area contributed by atoms with Gasteiger partial charge in [-0.2, -0.15) is 0 Å². The minimum absolute atomic E-state index is 0.0718. The lowest BCUT2D eigenvalue weighted by Crippen LogP contribution is -2.54. The van der Waals surface area contributed by atoms with Crippen molar-refractivity contribution in [3.05, 3.63) is 35.9 Å². The normalized spacial score (nSPS) is 20.8. The van der Waals surface area contributed by atoms with E-state index < -0.39 is 0 Å². The molecule has 1 aliphatic rings. The lowest BCUT2D eigenvalue weighted by atomic mass is 10.1. The first-order valence-electron chi connectivity index (χ1n) is 4.74. The summed E-state index contributed by atoms with van der Waals surface area (Å²) in [6, 6.07) is 10.2. The second-order valence-electron chi connectivity index (χ2n) is 3.49. The molecule has 14 heavy (non-hydrogen) atoms. The number of hydrogen-bond donors (Lipinski definition) is 0. The summed E-state index contributed by atoms with van der Waals surface area (Å²) < 4.78 is 0. The van der Waals surface area contributed by atoms with E-state index in [1.807, 2.05) is 18.2 Å². The summed E-state index contributed by atoms with van der Waals surface area (Å²) in [4.78, 5) is 13.0. The van der Waals surface area contributed by atoms with Crippen molar-refractivity contribution < 1.29 is 4.79 Å². The fourth-order valence-electron chi connectivity index (χ4n) is 1.56. The van der Waals surface area contributed by atoms with Crippen molar-refractivity contribution in [1.29, 1.82) is 0 Å². The number of halogens is 1. The van der Waals surface area contributed by atoms with E-state index >= 15 is 0 Å². The number of amides is 1. The van der Waals surface area contributed by atoms with E-state index in [-0.39, 0.29) is 11.3 Å². The van der Waals surface area contributed by atoms with E-state index in [4.69, 9.17) is 11.6 Å². The molecule has 1 atom stereocenters. The second-order valence-corrected chi connectivity index (χ2v) is 4.01. The molecular formula is C11H12ClNO. The Morgan fingerprint density at radius 3 is 2.64 bits per heavy atom. The number of carbonyl (C=O) groups excluding carboxylic acids is 1. The fourth-order valence-corrected chi connectivity index (χ4v) is 1.86. The third-order valence-electron chi connectivity index (χ3n) is 2.47. The van der Waals surface area contributed by atoms with Gasteiger partial charge in [-0.05, 0) is 12.0 Å². The molecule has 1 saturated heterocycles. The van der Waals surface area contributed by atoms with E-state index in [2.05, 4.69) is 12.1 Å². The standard InChI is InChI=1S/C11H12ClNO/c12-10-8-13(11(10)14)7-6-9-4-2-1-3-5-9/h1-5,10H,6-8H2. The van der Waals surface area contributed by atoms with Crippen LogP contribution in [0.3, 0.4) is 0 Å². The molecule has 2 nitrogen and oxygen atoms in total. The Bertz CT molecular complexity index is 325. The fraction of sp³-hybridized carbons (Fsp3) is 0.364. The zero-order chi connectivity index (χ0) is 9.97. The number of hydrogen-bond acceptors (Lipinski definition) is 1. The molecule has 0 N–H and O–H groups in total. The van der Waals surface area contributed by atoms with Crippen LogP contribution in [0.1, 0.15) is 5.56 Å². The van der Waals surface area contributed by atoms with Crippen molar-refractivity contribution in [3.8, 4) is 0 Å². The van der Waals surface area contributed by atoms with Gasteiger partial charge in [-0.15, -0.1) is 11.6 Å². The lowest BCUT2D eigenvalue weighted by molar-refractivity contribution is -0.138. The molecule has 1 heterocycles. The molecule has 1 aromatic rings. The predicted octanol–water partition coefficient (Wildman–Crippen LogP) is 1.68. The number of rotatable bonds is 3. The van der Waals surface area contributed by atoms with Gasteiger partial charge in [0.2, 0.25) is 5.91 Å². The Balaban J connectivity index is 1.82. The van der Waals surface area contributed by atoms with Crippen molar-refractivity contribution in [3.63, 3.8) is 0 Å². The van der Waals surface area contributed by atoms with Gasteiger partial charge in [0.05, 0.1) is 0 Å². The molecule has 0 aliphatic carbocycles. The minimum Gasteiger partial charge on any atom is -0.339 e. The Morgan fingerprint density at radius 2 is 2.07 bits per heavy atom. The van der Waals surface area contributed by atoms with E-state index in [9.17, 15) is 4.79 Å². The number of alkyl halides is 1. The maximum absolute atomic E-state index is 11.2. The highest BCUT2D eigenvalue weighted by molar-refractivity contribution is 6.33. The number of β-lactam (4-membered cyclic amide) rings is 1. The van der Waals surface area contributed by atoms with Crippen molar-refractivity contribution in [2.45, 2.75) is 11.8 Å². The van der Waals surface area contributed by atoms with Crippen LogP contribution >= 0.6 is 11.6 Å². The number of carbonyl (C=O) groups is 1. The highest BCUT2D eigenvalue weighted by Gasteiger charge is 2.33. The summed E-state index contributed by atoms with van der Waals surface area (Å²) in [5.41, 5.74) is 1.26. The molecule has 0 bridgehead atoms. The summed E-state index contributed by atoms with van der Waals surface area (Å²) in [5.74, 6) is 0.0718. The first kappa shape index (κ1) is 9.53. The second kappa shape index (κ2) is 4.01. The molecule has 0 spiro atoms. The van der Waals surface area contributed by atoms with Gasteiger partial charge in [-0.25, -0.2) is 0 Å². The number of benzene rings is 1. The van der Waals surface area contributed by atoms with Crippen molar-refractivity contribution >= 4 is 17.5 Å². The molecule has 0 aromatic heterocycles. The molecule has 1 amide bonds. The molecule has 0 saturated carbocycles. The van der Waals surface area contributed by atoms with Crippen LogP contribution in [-0.2, 0) is 11.2 Å². The molecule has 2 rings (SSSR count). The first-order chi connectivity index (χ1) is 6.77. The Kier molecular flexibility index (Phi) is 2.73. The lowest BCUT2D eigenvalue weighted by Gasteiger charge is -2.34. The maximum atomic E-state index is 11.2. The summed E-state index contributed by atoms with van der Waals surface area (Å²) in [6.45, 7) is 1.49. The Labute approximate surface area is 88.5 Å². The highest BCUT2D eigenvalue weighted by Crippen LogP contribution is 2.16. The van der Waals surface area contributed by atoms with Crippen LogP contribution in [0, 0.1) is 0 Å². The molecule has 3 heteroatoms. The largest absolute Gasteiger partial charge is 0.339 e. The zero-order valence-corrected chi connectivity index (χ0v) is 8.57. The van der Waals surface area contributed by atoms with Gasteiger partial charge in [-0.3, -0.25) is 4.79 Å². The van der Waals surface area contributed by atoms with Crippen LogP contribution in [0.25, 0.3) is 0 Å². The minimum atomic E-state index is -0.272. The third-order valence-corrected chi connectivity index (χ3v) is 2.80. The van der Waals surface area contributed by atoms with Crippen molar-refractivity contribution in [1.82, 2.24) is 4.90 Å². The molecule has 0 radical (unpaired) electrons. The van der Waals surface area contributed by atoms with Crippen LogP contribution in [0.15, 0.2) is 30.3 Å². The third kappa shape index (κ3) is 1.90. The Hall–Kier alpha value is -1.02. The van der Waals surface area contributed by atoms with Gasteiger partial charge in [0.25, 0.3) is 0 Å². The quantitative estimate of drug-likeness (QED) is 0.548. The van der Waals surface area contributed by atoms with E-state index in [0.717, 1.165) is 13.0 Å². The molecule has 1 aromatic carbocycles. The topological polar surface area (TPSA) is 20.3 Å². The maximum Gasteiger partial charge on any atom is 0.242 e. The van der Waals surface area contributed by atoms with Crippen molar-refractivity contribution in [2.75, 3.05) is 13.1 Å². The van der Waals surface area contributed by atoms with Crippen LogP contribution < -0.4 is 0 Å². The van der Waals surface area contributed by atoms with E-state index in [1.165, 1.54) is 5.56 Å².